The van der Waals surface area contributed by atoms with E-state index >= 15 is 0 Å². The highest BCUT2D eigenvalue weighted by molar-refractivity contribution is 8.09. The third-order valence-electron chi connectivity index (χ3n) is 6.81. The number of fused-ring (bicyclic) bond motifs is 3. The van der Waals surface area contributed by atoms with E-state index in [9.17, 15) is 53.5 Å². The molecule has 1 aliphatic heterocycles. The Morgan fingerprint density at radius 1 is 1.04 bits per heavy atom. The van der Waals surface area contributed by atoms with Gasteiger partial charge in [-0.3, -0.25) is 9.59 Å². The van der Waals surface area contributed by atoms with Crippen LogP contribution >= 0.6 is 11.6 Å². The van der Waals surface area contributed by atoms with Crippen molar-refractivity contribution < 1.29 is 53.5 Å². The molecule has 3 aromatic carbocycles. The summed E-state index contributed by atoms with van der Waals surface area (Å²) in [5.41, 5.74) is -7.80. The van der Waals surface area contributed by atoms with Gasteiger partial charge in [-0.05, 0) is 42.5 Å². The van der Waals surface area contributed by atoms with Crippen LogP contribution in [0.15, 0.2) is 42.5 Å². The number of alkyl halides is 3. The Morgan fingerprint density at radius 2 is 1.67 bits per heavy atom. The van der Waals surface area contributed by atoms with Crippen LogP contribution in [0.2, 0.25) is 5.02 Å². The van der Waals surface area contributed by atoms with Gasteiger partial charge in [0.25, 0.3) is 11.8 Å². The van der Waals surface area contributed by atoms with Gasteiger partial charge in [-0.25, -0.2) is 30.3 Å². The van der Waals surface area contributed by atoms with Gasteiger partial charge >= 0.3 is 6.18 Å². The van der Waals surface area contributed by atoms with E-state index in [-0.39, 0.29) is 14.8 Å². The van der Waals surface area contributed by atoms with Crippen molar-refractivity contribution in [3.05, 3.63) is 86.9 Å². The summed E-state index contributed by atoms with van der Waals surface area (Å²) in [5, 5.41) is 19.6. The van der Waals surface area contributed by atoms with Crippen molar-refractivity contribution in [2.24, 2.45) is 7.05 Å². The van der Waals surface area contributed by atoms with Crippen LogP contribution in [0.1, 0.15) is 37.4 Å². The van der Waals surface area contributed by atoms with Crippen LogP contribution in [0.5, 0.6) is 0 Å². The highest BCUT2D eigenvalue weighted by atomic mass is 35.5. The number of nitrogens with one attached hydrogen (secondary N) is 2. The van der Waals surface area contributed by atoms with Gasteiger partial charge in [-0.2, -0.15) is 18.3 Å². The molecule has 0 spiro atoms. The van der Waals surface area contributed by atoms with Gasteiger partial charge in [-0.1, -0.05) is 11.6 Å². The number of aliphatic hydroxyl groups is 1. The van der Waals surface area contributed by atoms with E-state index in [0.29, 0.717) is 24.6 Å². The number of halogens is 6. The first-order chi connectivity index (χ1) is 21.0. The molecule has 46 heavy (non-hydrogen) atoms. The van der Waals surface area contributed by atoms with Crippen molar-refractivity contribution in [2.45, 2.75) is 11.9 Å². The van der Waals surface area contributed by atoms with Gasteiger partial charge in [0.15, 0.2) is 11.5 Å². The van der Waals surface area contributed by atoms with Gasteiger partial charge in [0.2, 0.25) is 20.0 Å². The van der Waals surface area contributed by atoms with Crippen LogP contribution in [0.4, 0.5) is 33.5 Å². The number of hydrogen-bond acceptors (Lipinski definition) is 8. The van der Waals surface area contributed by atoms with E-state index < -0.39 is 106 Å². The lowest BCUT2D eigenvalue weighted by Crippen LogP contribution is -2.41. The standard InChI is InChI=1S/C26H19ClF5N5O7S2/c1-36-24(37(45(2,41)42)46(3,43)44)15-10-18(33-22(38)11-6-12(26(30,31)32)8-14(29)7-11)20-19(21(15)35-36)23(39)34-25(20,40)16-9-13(28)4-5-17(16)27/h4-10,40H,1-3H3,(H,33,38)(H,34,39). The first-order valence-electron chi connectivity index (χ1n) is 12.5. The Kier molecular flexibility index (Phi) is 7.62. The molecule has 12 nitrogen and oxygen atoms in total. The van der Waals surface area contributed by atoms with Crippen molar-refractivity contribution in [2.75, 3.05) is 21.5 Å². The zero-order chi connectivity index (χ0) is 34.3. The monoisotopic (exact) mass is 707 g/mol. The number of benzene rings is 3. The van der Waals surface area contributed by atoms with E-state index in [4.69, 9.17) is 11.6 Å². The second kappa shape index (κ2) is 10.6. The van der Waals surface area contributed by atoms with Crippen LogP contribution in [-0.2, 0) is 39.0 Å². The van der Waals surface area contributed by atoms with Gasteiger partial charge in [-0.15, -0.1) is 3.71 Å². The summed E-state index contributed by atoms with van der Waals surface area (Å²) in [6.07, 6.45) is -3.95. The van der Waals surface area contributed by atoms with Crippen LogP contribution in [0.3, 0.4) is 0 Å². The number of sulfonamides is 2. The Morgan fingerprint density at radius 3 is 2.26 bits per heavy atom. The van der Waals surface area contributed by atoms with Crippen LogP contribution in [-0.4, -0.2) is 56.0 Å². The van der Waals surface area contributed by atoms with Gasteiger partial charge in [0.05, 0.1) is 29.3 Å². The smallest absolute Gasteiger partial charge is 0.363 e. The number of nitrogens with zero attached hydrogens (tertiary/aromatic N) is 3. The maximum absolute atomic E-state index is 14.4. The first kappa shape index (κ1) is 33.0. The first-order valence-corrected chi connectivity index (χ1v) is 16.6. The zero-order valence-corrected chi connectivity index (χ0v) is 25.8. The maximum Gasteiger partial charge on any atom is 0.416 e. The van der Waals surface area contributed by atoms with Crippen LogP contribution in [0, 0.1) is 11.6 Å². The Balaban J connectivity index is 1.86. The molecule has 5 rings (SSSR count). The average molecular weight is 708 g/mol. The van der Waals surface area contributed by atoms with E-state index in [1.54, 1.807) is 0 Å². The number of aryl methyl sites for hydroxylation is 1. The molecule has 1 aliphatic rings. The van der Waals surface area contributed by atoms with Gasteiger partial charge in [0.1, 0.15) is 17.2 Å². The predicted molar refractivity (Wildman–Crippen MR) is 154 cm³/mol. The van der Waals surface area contributed by atoms with Crippen molar-refractivity contribution in [3.8, 4) is 0 Å². The fourth-order valence-corrected chi connectivity index (χ4v) is 8.42. The molecular formula is C26H19ClF5N5O7S2. The molecule has 20 heteroatoms. The van der Waals surface area contributed by atoms with E-state index in [1.807, 2.05) is 0 Å². The topological polar surface area (TPSA) is 168 Å². The highest BCUT2D eigenvalue weighted by Crippen LogP contribution is 2.47. The number of aromatic nitrogens is 2. The third kappa shape index (κ3) is 5.52. The number of amides is 2. The van der Waals surface area contributed by atoms with E-state index in [0.717, 1.165) is 36.0 Å². The molecule has 4 aromatic rings. The largest absolute Gasteiger partial charge is 0.416 e. The fraction of sp³-hybridized carbons (Fsp3) is 0.192. The van der Waals surface area contributed by atoms with Crippen molar-refractivity contribution in [1.29, 1.82) is 0 Å². The second-order valence-electron chi connectivity index (χ2n) is 10.2. The van der Waals surface area contributed by atoms with Gasteiger partial charge < -0.3 is 15.7 Å². The third-order valence-corrected chi connectivity index (χ3v) is 10.3. The summed E-state index contributed by atoms with van der Waals surface area (Å²) in [6, 6.07) is 4.52. The molecule has 0 bridgehead atoms. The number of rotatable bonds is 6. The molecule has 0 aliphatic carbocycles. The highest BCUT2D eigenvalue weighted by Gasteiger charge is 2.49. The quantitative estimate of drug-likeness (QED) is 0.256. The fourth-order valence-electron chi connectivity index (χ4n) is 5.14. The lowest BCUT2D eigenvalue weighted by molar-refractivity contribution is -0.137. The Bertz CT molecular complexity index is 2190. The molecule has 1 aromatic heterocycles. The maximum atomic E-state index is 14.4. The molecule has 0 saturated carbocycles. The summed E-state index contributed by atoms with van der Waals surface area (Å²) in [4.78, 5) is 26.8. The minimum Gasteiger partial charge on any atom is -0.363 e. The summed E-state index contributed by atoms with van der Waals surface area (Å²) < 4.78 is 120. The minimum atomic E-state index is -5.06. The molecule has 2 amide bonds. The summed E-state index contributed by atoms with van der Waals surface area (Å²) in [5.74, 6) is -5.58. The molecular weight excluding hydrogens is 689 g/mol. The van der Waals surface area contributed by atoms with Gasteiger partial charge in [0, 0.05) is 34.1 Å². The summed E-state index contributed by atoms with van der Waals surface area (Å²) in [7, 11) is -8.13. The number of carbonyl (C=O) groups excluding carboxylic acids is 2. The summed E-state index contributed by atoms with van der Waals surface area (Å²) in [6.45, 7) is 0. The Labute approximate surface area is 261 Å². The number of anilines is 2. The van der Waals surface area contributed by atoms with E-state index in [2.05, 4.69) is 15.7 Å². The van der Waals surface area contributed by atoms with Crippen molar-refractivity contribution in [1.82, 2.24) is 15.1 Å². The molecule has 2 heterocycles. The molecule has 1 unspecified atom stereocenters. The van der Waals surface area contributed by atoms with Crippen molar-refractivity contribution in [3.63, 3.8) is 0 Å². The minimum absolute atomic E-state index is 0.0159. The Hall–Kier alpha value is -4.33. The second-order valence-corrected chi connectivity index (χ2v) is 14.5. The molecule has 0 fully saturated rings. The lowest BCUT2D eigenvalue weighted by Gasteiger charge is -2.27. The SMILES string of the molecule is Cn1nc2c3c(c(NC(=O)c4cc(F)cc(C(F)(F)F)c4)cc2c1N(S(C)(=O)=O)S(C)(=O)=O)C(O)(c1cc(F)ccc1Cl)NC3=O. The van der Waals surface area contributed by atoms with E-state index in [1.165, 1.54) is 0 Å². The molecule has 1 atom stereocenters. The number of hydrogen-bond donors (Lipinski definition) is 3. The summed E-state index contributed by atoms with van der Waals surface area (Å²) >= 11 is 6.23. The molecule has 0 radical (unpaired) electrons. The molecule has 244 valence electrons. The lowest BCUT2D eigenvalue weighted by atomic mass is 9.91. The molecule has 0 saturated heterocycles. The van der Waals surface area contributed by atoms with Crippen LogP contribution in [0.25, 0.3) is 10.9 Å². The van der Waals surface area contributed by atoms with Crippen molar-refractivity contribution >= 4 is 65.9 Å². The predicted octanol–water partition coefficient (Wildman–Crippen LogP) is 3.44. The zero-order valence-electron chi connectivity index (χ0n) is 23.4. The van der Waals surface area contributed by atoms with Crippen LogP contribution < -0.4 is 14.3 Å². The average Bonchev–Trinajstić information content (AvgIpc) is 3.36. The number of carbonyl (C=O) groups is 2. The molecule has 3 N–H and O–H groups in total. The normalized spacial score (nSPS) is 16.8.